The van der Waals surface area contributed by atoms with E-state index in [0.29, 0.717) is 43.3 Å². The minimum Gasteiger partial charge on any atom is -0.480 e. The van der Waals surface area contributed by atoms with Gasteiger partial charge in [-0.05, 0) is 45.0 Å². The average Bonchev–Trinajstić information content (AvgIpc) is 3.22. The molecule has 0 amide bonds. The van der Waals surface area contributed by atoms with Crippen LogP contribution >= 0.6 is 0 Å². The largest absolute Gasteiger partial charge is 0.480 e. The number of anilines is 3. The summed E-state index contributed by atoms with van der Waals surface area (Å²) in [6.07, 6.45) is 2.75. The first kappa shape index (κ1) is 25.5. The van der Waals surface area contributed by atoms with Gasteiger partial charge in [0.15, 0.2) is 11.6 Å². The number of imidazole rings is 1. The van der Waals surface area contributed by atoms with Crippen LogP contribution in [0.3, 0.4) is 0 Å². The Hall–Kier alpha value is -4.19. The van der Waals surface area contributed by atoms with Crippen LogP contribution in [-0.2, 0) is 4.79 Å². The van der Waals surface area contributed by atoms with Crippen LogP contribution in [0, 0.1) is 18.6 Å². The summed E-state index contributed by atoms with van der Waals surface area (Å²) in [4.78, 5) is 32.0. The van der Waals surface area contributed by atoms with Crippen LogP contribution in [0.25, 0.3) is 22.3 Å². The standard InChI is InChI=1S/C26H28F2N8O2/c1-15(2)36-16(3)31-25-19(27)10-17(11-21(25)36)24-20(28)13-30-26(33-24)32-22-5-4-18(12-29-22)35-8-6-34(7-9-35)14-23(37)38/h4-5,10-13,15H,6-9,14H2,1-3H3,(H,37,38)(H,29,30,32,33). The van der Waals surface area contributed by atoms with Gasteiger partial charge in [-0.25, -0.2) is 28.7 Å². The molecule has 0 atom stereocenters. The maximum Gasteiger partial charge on any atom is 0.317 e. The minimum atomic E-state index is -0.829. The number of halogens is 2. The maximum absolute atomic E-state index is 14.9. The summed E-state index contributed by atoms with van der Waals surface area (Å²) in [7, 11) is 0. The lowest BCUT2D eigenvalue weighted by atomic mass is 10.1. The van der Waals surface area contributed by atoms with E-state index in [-0.39, 0.29) is 35.3 Å². The predicted molar refractivity (Wildman–Crippen MR) is 140 cm³/mol. The van der Waals surface area contributed by atoms with Crippen LogP contribution in [0.2, 0.25) is 0 Å². The zero-order chi connectivity index (χ0) is 27.0. The van der Waals surface area contributed by atoms with Gasteiger partial charge in [-0.1, -0.05) is 0 Å². The molecular formula is C26H28F2N8O2. The summed E-state index contributed by atoms with van der Waals surface area (Å²) in [5, 5.41) is 11.9. The van der Waals surface area contributed by atoms with E-state index in [4.69, 9.17) is 5.11 Å². The lowest BCUT2D eigenvalue weighted by Gasteiger charge is -2.35. The van der Waals surface area contributed by atoms with Gasteiger partial charge in [-0.15, -0.1) is 0 Å². The number of carboxylic acids is 1. The van der Waals surface area contributed by atoms with Crippen LogP contribution in [0.1, 0.15) is 25.7 Å². The maximum atomic E-state index is 14.9. The third-order valence-electron chi connectivity index (χ3n) is 6.54. The summed E-state index contributed by atoms with van der Waals surface area (Å²) in [5.74, 6) is -0.789. The summed E-state index contributed by atoms with van der Waals surface area (Å²) >= 11 is 0. The molecule has 4 aromatic rings. The first-order chi connectivity index (χ1) is 18.2. The lowest BCUT2D eigenvalue weighted by Crippen LogP contribution is -2.48. The number of carboxylic acid groups (broad SMARTS) is 1. The zero-order valence-electron chi connectivity index (χ0n) is 21.3. The fourth-order valence-electron chi connectivity index (χ4n) is 4.80. The van der Waals surface area contributed by atoms with Crippen molar-refractivity contribution in [2.45, 2.75) is 26.8 Å². The Labute approximate surface area is 218 Å². The van der Waals surface area contributed by atoms with Gasteiger partial charge in [-0.3, -0.25) is 9.69 Å². The zero-order valence-corrected chi connectivity index (χ0v) is 21.3. The highest BCUT2D eigenvalue weighted by molar-refractivity contribution is 5.83. The summed E-state index contributed by atoms with van der Waals surface area (Å²) in [6, 6.07) is 6.63. The molecule has 1 fully saturated rings. The van der Waals surface area contributed by atoms with E-state index < -0.39 is 17.6 Å². The Morgan fingerprint density at radius 1 is 1.05 bits per heavy atom. The second-order valence-electron chi connectivity index (χ2n) is 9.52. The molecule has 0 radical (unpaired) electrons. The highest BCUT2D eigenvalue weighted by Crippen LogP contribution is 2.30. The van der Waals surface area contributed by atoms with E-state index >= 15 is 0 Å². The quantitative estimate of drug-likeness (QED) is 0.372. The molecule has 1 aromatic carbocycles. The molecule has 0 saturated carbocycles. The topological polar surface area (TPSA) is 112 Å². The fourth-order valence-corrected chi connectivity index (χ4v) is 4.80. The summed E-state index contributed by atoms with van der Waals surface area (Å²) < 4.78 is 31.6. The number of rotatable bonds is 7. The van der Waals surface area contributed by atoms with Gasteiger partial charge in [0, 0.05) is 37.8 Å². The van der Waals surface area contributed by atoms with Gasteiger partial charge in [0.1, 0.15) is 22.9 Å². The molecule has 3 aromatic heterocycles. The molecule has 0 unspecified atom stereocenters. The molecule has 12 heteroatoms. The van der Waals surface area contributed by atoms with Crippen molar-refractivity contribution in [2.75, 3.05) is 42.9 Å². The van der Waals surface area contributed by atoms with Gasteiger partial charge in [0.25, 0.3) is 0 Å². The van der Waals surface area contributed by atoms with E-state index in [2.05, 4.69) is 30.2 Å². The second kappa shape index (κ2) is 10.3. The van der Waals surface area contributed by atoms with Crippen LogP contribution in [0.4, 0.5) is 26.2 Å². The lowest BCUT2D eigenvalue weighted by molar-refractivity contribution is -0.138. The highest BCUT2D eigenvalue weighted by Gasteiger charge is 2.20. The molecule has 0 bridgehead atoms. The number of hydrogen-bond acceptors (Lipinski definition) is 8. The first-order valence-corrected chi connectivity index (χ1v) is 12.3. The number of nitrogens with one attached hydrogen (secondary N) is 1. The van der Waals surface area contributed by atoms with E-state index in [0.717, 1.165) is 11.9 Å². The summed E-state index contributed by atoms with van der Waals surface area (Å²) in [5.41, 5.74) is 1.96. The van der Waals surface area contributed by atoms with Crippen LogP contribution < -0.4 is 10.2 Å². The van der Waals surface area contributed by atoms with Crippen molar-refractivity contribution in [3.63, 3.8) is 0 Å². The molecule has 5 rings (SSSR count). The van der Waals surface area contributed by atoms with Crippen molar-refractivity contribution in [3.05, 3.63) is 54.1 Å². The molecular weight excluding hydrogens is 494 g/mol. The van der Waals surface area contributed by atoms with Gasteiger partial charge < -0.3 is 19.9 Å². The van der Waals surface area contributed by atoms with Crippen LogP contribution in [0.15, 0.2) is 36.7 Å². The van der Waals surface area contributed by atoms with E-state index in [1.54, 1.807) is 18.3 Å². The molecule has 1 saturated heterocycles. The molecule has 38 heavy (non-hydrogen) atoms. The molecule has 0 spiro atoms. The van der Waals surface area contributed by atoms with Crippen molar-refractivity contribution >= 4 is 34.5 Å². The van der Waals surface area contributed by atoms with E-state index in [1.165, 1.54) is 6.07 Å². The Bertz CT molecular complexity index is 1480. The summed E-state index contributed by atoms with van der Waals surface area (Å²) in [6.45, 7) is 8.50. The van der Waals surface area contributed by atoms with E-state index in [1.807, 2.05) is 36.3 Å². The number of pyridine rings is 1. The predicted octanol–water partition coefficient (Wildman–Crippen LogP) is 4.01. The molecule has 0 aliphatic carbocycles. The Morgan fingerprint density at radius 3 is 2.47 bits per heavy atom. The smallest absolute Gasteiger partial charge is 0.317 e. The normalized spacial score (nSPS) is 14.4. The molecule has 4 heterocycles. The molecule has 10 nitrogen and oxygen atoms in total. The number of aliphatic carboxylic acids is 1. The number of nitrogens with zero attached hydrogens (tertiary/aromatic N) is 7. The number of fused-ring (bicyclic) bond motifs is 1. The fraction of sp³-hybridized carbons (Fsp3) is 0.346. The van der Waals surface area contributed by atoms with Gasteiger partial charge in [0.05, 0.1) is 30.1 Å². The van der Waals surface area contributed by atoms with Crippen molar-refractivity contribution in [3.8, 4) is 11.3 Å². The number of hydrogen-bond donors (Lipinski definition) is 2. The van der Waals surface area contributed by atoms with Crippen LogP contribution in [0.5, 0.6) is 0 Å². The van der Waals surface area contributed by atoms with E-state index in [9.17, 15) is 13.6 Å². The van der Waals surface area contributed by atoms with Crippen LogP contribution in [-0.4, -0.2) is 73.2 Å². The van der Waals surface area contributed by atoms with Crippen molar-refractivity contribution in [1.82, 2.24) is 29.4 Å². The third-order valence-corrected chi connectivity index (χ3v) is 6.54. The van der Waals surface area contributed by atoms with Crippen molar-refractivity contribution < 1.29 is 18.7 Å². The molecule has 198 valence electrons. The number of benzene rings is 1. The number of aryl methyl sites for hydroxylation is 1. The second-order valence-corrected chi connectivity index (χ2v) is 9.52. The molecule has 2 N–H and O–H groups in total. The Balaban J connectivity index is 1.35. The highest BCUT2D eigenvalue weighted by atomic mass is 19.1. The van der Waals surface area contributed by atoms with Gasteiger partial charge >= 0.3 is 5.97 Å². The average molecular weight is 523 g/mol. The third kappa shape index (κ3) is 5.12. The molecule has 1 aliphatic rings. The van der Waals surface area contributed by atoms with Gasteiger partial charge in [0.2, 0.25) is 5.95 Å². The number of piperazine rings is 1. The number of carbonyl (C=O) groups is 1. The minimum absolute atomic E-state index is 0.0340. The molecule has 1 aliphatic heterocycles. The monoisotopic (exact) mass is 522 g/mol. The Morgan fingerprint density at radius 2 is 1.82 bits per heavy atom. The van der Waals surface area contributed by atoms with Gasteiger partial charge in [-0.2, -0.15) is 0 Å². The van der Waals surface area contributed by atoms with Crippen molar-refractivity contribution in [1.29, 1.82) is 0 Å². The Kier molecular flexibility index (Phi) is 6.89. The van der Waals surface area contributed by atoms with Crippen molar-refractivity contribution in [2.24, 2.45) is 0 Å². The first-order valence-electron chi connectivity index (χ1n) is 12.3. The number of aromatic nitrogens is 5. The SMILES string of the molecule is Cc1nc2c(F)cc(-c3nc(Nc4ccc(N5CCN(CC(=O)O)CC5)cn4)ncc3F)cc2n1C(C)C.